The highest BCUT2D eigenvalue weighted by molar-refractivity contribution is 6.02. The lowest BCUT2D eigenvalue weighted by Crippen LogP contribution is -2.40. The van der Waals surface area contributed by atoms with Crippen LogP contribution < -0.4 is 24.4 Å². The molecule has 11 nitrogen and oxygen atoms in total. The number of carbonyl (C=O) groups is 1. The van der Waals surface area contributed by atoms with E-state index in [0.29, 0.717) is 41.3 Å². The smallest absolute Gasteiger partial charge is 0.294 e. The van der Waals surface area contributed by atoms with Gasteiger partial charge in [0.05, 0.1) is 42.5 Å². The Labute approximate surface area is 291 Å². The maximum Gasteiger partial charge on any atom is 0.294 e. The summed E-state index contributed by atoms with van der Waals surface area (Å²) in [5.41, 5.74) is 4.53. The molecular formula is C39H41N7O4. The van der Waals surface area contributed by atoms with Crippen LogP contribution in [0.4, 0.5) is 11.5 Å². The van der Waals surface area contributed by atoms with Crippen LogP contribution in [0.1, 0.15) is 60.8 Å². The van der Waals surface area contributed by atoms with Crippen LogP contribution in [0, 0.1) is 0 Å². The zero-order chi connectivity index (χ0) is 33.9. The van der Waals surface area contributed by atoms with Gasteiger partial charge in [-0.05, 0) is 69.5 Å². The van der Waals surface area contributed by atoms with Gasteiger partial charge in [-0.15, -0.1) is 0 Å². The molecule has 0 saturated carbocycles. The number of nitrogens with one attached hydrogen (secondary N) is 1. The van der Waals surface area contributed by atoms with Gasteiger partial charge in [0.15, 0.2) is 11.5 Å². The molecule has 7 heterocycles. The largest absolute Gasteiger partial charge is 0.493 e. The zero-order valence-electron chi connectivity index (χ0n) is 28.3. The van der Waals surface area contributed by atoms with Crippen molar-refractivity contribution in [2.24, 2.45) is 0 Å². The third kappa shape index (κ3) is 6.65. The van der Waals surface area contributed by atoms with Gasteiger partial charge in [-0.25, -0.2) is 15.0 Å². The SMILES string of the molecule is COc1cc2c(Oc3ccc(NC(=O)c4nc(-c5ccccc5)c5c(n4)C4CCN5CC4)nc3)ccnc2cc1OCCCN1CCCCC1. The van der Waals surface area contributed by atoms with Crippen molar-refractivity contribution < 1.29 is 19.0 Å². The molecule has 2 aromatic carbocycles. The molecule has 0 spiro atoms. The minimum Gasteiger partial charge on any atom is -0.493 e. The monoisotopic (exact) mass is 671 g/mol. The first-order chi connectivity index (χ1) is 24.6. The highest BCUT2D eigenvalue weighted by Gasteiger charge is 2.36. The van der Waals surface area contributed by atoms with Crippen LogP contribution in [-0.2, 0) is 0 Å². The summed E-state index contributed by atoms with van der Waals surface area (Å²) in [6, 6.07) is 19.1. The van der Waals surface area contributed by atoms with E-state index in [1.54, 1.807) is 37.7 Å². The second-order valence-corrected chi connectivity index (χ2v) is 13.1. The highest BCUT2D eigenvalue weighted by Crippen LogP contribution is 2.45. The van der Waals surface area contributed by atoms with Crippen molar-refractivity contribution >= 4 is 28.3 Å². The van der Waals surface area contributed by atoms with Crippen LogP contribution in [0.5, 0.6) is 23.0 Å². The number of methoxy groups -OCH3 is 1. The summed E-state index contributed by atoms with van der Waals surface area (Å²) in [5, 5.41) is 3.67. The molecule has 9 rings (SSSR count). The van der Waals surface area contributed by atoms with Crippen LogP contribution in [0.25, 0.3) is 22.2 Å². The summed E-state index contributed by atoms with van der Waals surface area (Å²) < 4.78 is 18.1. The first kappa shape index (κ1) is 31.9. The average Bonchev–Trinajstić information content (AvgIpc) is 3.18. The average molecular weight is 672 g/mol. The fourth-order valence-electron chi connectivity index (χ4n) is 7.30. The number of anilines is 2. The van der Waals surface area contributed by atoms with Gasteiger partial charge in [0, 0.05) is 48.8 Å². The first-order valence-electron chi connectivity index (χ1n) is 17.6. The Kier molecular flexibility index (Phi) is 9.13. The molecule has 2 bridgehead atoms. The fraction of sp³-hybridized carbons (Fsp3) is 0.359. The number of ether oxygens (including phenoxy) is 3. The number of rotatable bonds is 11. The van der Waals surface area contributed by atoms with Gasteiger partial charge < -0.3 is 29.3 Å². The topological polar surface area (TPSA) is 115 Å². The lowest BCUT2D eigenvalue weighted by atomic mass is 9.85. The summed E-state index contributed by atoms with van der Waals surface area (Å²) >= 11 is 0. The molecule has 5 aromatic rings. The number of nitrogens with zero attached hydrogens (tertiary/aromatic N) is 6. The Hall–Kier alpha value is -5.29. The standard InChI is InChI=1S/C39H41N7O4/c1-48-32-23-29-30(24-33(32)49-22-8-19-45-17-6-3-7-18-45)40-16-13-31(29)50-28-11-12-34(41-25-28)42-39(47)38-43-35(26-9-4-2-5-10-26)37-36(44-38)27-14-20-46(37)21-15-27/h2,4-5,9-13,16,23-25,27H,3,6-8,14-15,17-22H2,1H3,(H,41,42,47). The predicted octanol–water partition coefficient (Wildman–Crippen LogP) is 7.09. The van der Waals surface area contributed by atoms with Crippen molar-refractivity contribution in [2.75, 3.05) is 56.7 Å². The minimum atomic E-state index is -0.403. The number of likely N-dealkylation sites (tertiary alicyclic amines) is 1. The van der Waals surface area contributed by atoms with Gasteiger partial charge in [0.2, 0.25) is 5.82 Å². The van der Waals surface area contributed by atoms with Crippen molar-refractivity contribution in [2.45, 2.75) is 44.4 Å². The van der Waals surface area contributed by atoms with E-state index in [1.165, 1.54) is 32.4 Å². The lowest BCUT2D eigenvalue weighted by Gasteiger charge is -2.42. The van der Waals surface area contributed by atoms with E-state index in [-0.39, 0.29) is 5.82 Å². The van der Waals surface area contributed by atoms with Crippen molar-refractivity contribution in [3.63, 3.8) is 0 Å². The van der Waals surface area contributed by atoms with Crippen LogP contribution in [0.3, 0.4) is 0 Å². The normalized spacial score (nSPS) is 15.9. The first-order valence-corrected chi connectivity index (χ1v) is 17.6. The van der Waals surface area contributed by atoms with Crippen molar-refractivity contribution in [1.29, 1.82) is 0 Å². The Bertz CT molecular complexity index is 1980. The highest BCUT2D eigenvalue weighted by atomic mass is 16.5. The van der Waals surface area contributed by atoms with E-state index in [9.17, 15) is 4.79 Å². The molecule has 256 valence electrons. The van der Waals surface area contributed by atoms with Gasteiger partial charge in [-0.3, -0.25) is 9.78 Å². The Morgan fingerprint density at radius 3 is 2.52 bits per heavy atom. The van der Waals surface area contributed by atoms with E-state index >= 15 is 0 Å². The molecule has 4 aliphatic heterocycles. The molecule has 50 heavy (non-hydrogen) atoms. The number of hydrogen-bond donors (Lipinski definition) is 1. The number of benzene rings is 2. The lowest BCUT2D eigenvalue weighted by molar-refractivity contribution is 0.101. The van der Waals surface area contributed by atoms with Gasteiger partial charge in [0.25, 0.3) is 5.91 Å². The number of fused-ring (bicyclic) bond motifs is 3. The minimum absolute atomic E-state index is 0.140. The van der Waals surface area contributed by atoms with Crippen molar-refractivity contribution in [3.05, 3.63) is 84.6 Å². The molecular weight excluding hydrogens is 630 g/mol. The van der Waals surface area contributed by atoms with Crippen LogP contribution in [0.2, 0.25) is 0 Å². The third-order valence-electron chi connectivity index (χ3n) is 9.88. The number of hydrogen-bond acceptors (Lipinski definition) is 10. The Morgan fingerprint density at radius 2 is 1.74 bits per heavy atom. The summed E-state index contributed by atoms with van der Waals surface area (Å²) in [6.07, 6.45) is 10.2. The summed E-state index contributed by atoms with van der Waals surface area (Å²) in [5.74, 6) is 2.83. The van der Waals surface area contributed by atoms with Crippen LogP contribution >= 0.6 is 0 Å². The van der Waals surface area contributed by atoms with E-state index in [2.05, 4.69) is 25.1 Å². The van der Waals surface area contributed by atoms with Crippen LogP contribution in [0.15, 0.2) is 73.1 Å². The summed E-state index contributed by atoms with van der Waals surface area (Å²) in [4.78, 5) is 37.0. The maximum absolute atomic E-state index is 13.5. The summed E-state index contributed by atoms with van der Waals surface area (Å²) in [6.45, 7) is 5.98. The van der Waals surface area contributed by atoms with E-state index in [1.807, 2.05) is 42.5 Å². The predicted molar refractivity (Wildman–Crippen MR) is 193 cm³/mol. The fourth-order valence-corrected chi connectivity index (χ4v) is 7.30. The molecule has 0 aliphatic carbocycles. The van der Waals surface area contributed by atoms with E-state index in [4.69, 9.17) is 24.2 Å². The number of amides is 1. The van der Waals surface area contributed by atoms with Crippen LogP contribution in [-0.4, -0.2) is 77.2 Å². The van der Waals surface area contributed by atoms with Crippen molar-refractivity contribution in [3.8, 4) is 34.3 Å². The maximum atomic E-state index is 13.5. The molecule has 2 fully saturated rings. The molecule has 11 heteroatoms. The van der Waals surface area contributed by atoms with Gasteiger partial charge in [-0.2, -0.15) is 0 Å². The molecule has 0 unspecified atom stereocenters. The third-order valence-corrected chi connectivity index (χ3v) is 9.88. The molecule has 2 saturated heterocycles. The quantitative estimate of drug-likeness (QED) is 0.146. The second-order valence-electron chi connectivity index (χ2n) is 13.1. The van der Waals surface area contributed by atoms with Gasteiger partial charge in [0.1, 0.15) is 17.3 Å². The Morgan fingerprint density at radius 1 is 0.900 bits per heavy atom. The molecule has 0 atom stereocenters. The number of aromatic nitrogens is 4. The second kappa shape index (κ2) is 14.3. The van der Waals surface area contributed by atoms with Gasteiger partial charge >= 0.3 is 0 Å². The van der Waals surface area contributed by atoms with E-state index < -0.39 is 5.91 Å². The molecule has 1 N–H and O–H groups in total. The molecule has 4 aliphatic rings. The molecule has 3 aromatic heterocycles. The number of piperidine rings is 2. The molecule has 0 radical (unpaired) electrons. The Balaban J connectivity index is 0.958. The number of carbonyl (C=O) groups excluding carboxylic acids is 1. The van der Waals surface area contributed by atoms with Crippen molar-refractivity contribution in [1.82, 2.24) is 24.8 Å². The molecule has 1 amide bonds. The zero-order valence-corrected chi connectivity index (χ0v) is 28.3. The summed E-state index contributed by atoms with van der Waals surface area (Å²) in [7, 11) is 1.63. The van der Waals surface area contributed by atoms with Gasteiger partial charge in [-0.1, -0.05) is 36.8 Å². The van der Waals surface area contributed by atoms with E-state index in [0.717, 1.165) is 72.4 Å². The number of pyridine rings is 2.